The molecule has 5 rings (SSSR count). The minimum absolute atomic E-state index is 0.198. The molecule has 0 spiro atoms. The summed E-state index contributed by atoms with van der Waals surface area (Å²) < 4.78 is 11.5. The van der Waals surface area contributed by atoms with Crippen molar-refractivity contribution in [2.45, 2.75) is 45.7 Å². The molecule has 2 aromatic carbocycles. The number of urea groups is 1. The third-order valence-corrected chi connectivity index (χ3v) is 7.29. The topological polar surface area (TPSA) is 76.2 Å². The smallest absolute Gasteiger partial charge is 0.332 e. The van der Waals surface area contributed by atoms with Crippen molar-refractivity contribution in [2.24, 2.45) is 11.8 Å². The van der Waals surface area contributed by atoms with E-state index in [0.717, 1.165) is 23.1 Å². The maximum absolute atomic E-state index is 13.9. The predicted molar refractivity (Wildman–Crippen MR) is 122 cm³/mol. The van der Waals surface area contributed by atoms with E-state index in [4.69, 9.17) is 9.47 Å². The van der Waals surface area contributed by atoms with E-state index in [1.165, 1.54) is 4.90 Å². The Labute approximate surface area is 193 Å². The van der Waals surface area contributed by atoms with Gasteiger partial charge in [0.15, 0.2) is 0 Å². The van der Waals surface area contributed by atoms with Crippen LogP contribution >= 0.6 is 0 Å². The van der Waals surface area contributed by atoms with Crippen LogP contribution in [0.1, 0.15) is 43.5 Å². The molecule has 3 aliphatic heterocycles. The largest absolute Gasteiger partial charge is 0.493 e. The summed E-state index contributed by atoms with van der Waals surface area (Å²) in [6.07, 6.45) is 0.857. The highest BCUT2D eigenvalue weighted by molar-refractivity contribution is 6.24. The van der Waals surface area contributed by atoms with Crippen LogP contribution in [0.25, 0.3) is 0 Å². The molecule has 4 atom stereocenters. The van der Waals surface area contributed by atoms with Crippen molar-refractivity contribution in [3.63, 3.8) is 0 Å². The molecule has 3 heterocycles. The summed E-state index contributed by atoms with van der Waals surface area (Å²) in [4.78, 5) is 43.8. The third-order valence-electron chi connectivity index (χ3n) is 7.29. The second-order valence-electron chi connectivity index (χ2n) is 9.15. The summed E-state index contributed by atoms with van der Waals surface area (Å²) in [5, 5.41) is 0. The van der Waals surface area contributed by atoms with E-state index in [2.05, 4.69) is 6.92 Å². The zero-order chi connectivity index (χ0) is 23.5. The van der Waals surface area contributed by atoms with E-state index in [0.29, 0.717) is 11.4 Å². The fourth-order valence-electron chi connectivity index (χ4n) is 5.75. The number of fused-ring (bicyclic) bond motifs is 5. The van der Waals surface area contributed by atoms with Gasteiger partial charge < -0.3 is 14.4 Å². The minimum atomic E-state index is -1.36. The van der Waals surface area contributed by atoms with Crippen molar-refractivity contribution in [3.05, 3.63) is 59.2 Å². The van der Waals surface area contributed by atoms with Crippen LogP contribution in [0.4, 0.5) is 10.5 Å². The Bertz CT molecular complexity index is 1160. The normalized spacial score (nSPS) is 27.7. The molecular formula is C26H28N2O5. The summed E-state index contributed by atoms with van der Waals surface area (Å²) in [5.41, 5.74) is 2.03. The summed E-state index contributed by atoms with van der Waals surface area (Å²) in [5.74, 6) is -1.37. The average molecular weight is 449 g/mol. The van der Waals surface area contributed by atoms with Crippen molar-refractivity contribution < 1.29 is 23.9 Å². The van der Waals surface area contributed by atoms with Crippen molar-refractivity contribution in [1.29, 1.82) is 0 Å². The lowest BCUT2D eigenvalue weighted by atomic mass is 9.77. The molecule has 2 fully saturated rings. The Balaban J connectivity index is 1.68. The van der Waals surface area contributed by atoms with Crippen molar-refractivity contribution in [2.75, 3.05) is 18.1 Å². The first-order chi connectivity index (χ1) is 15.8. The summed E-state index contributed by atoms with van der Waals surface area (Å²) in [7, 11) is 0. The first-order valence-electron chi connectivity index (χ1n) is 11.5. The molecule has 3 aliphatic rings. The van der Waals surface area contributed by atoms with E-state index in [9.17, 15) is 14.4 Å². The van der Waals surface area contributed by atoms with Crippen LogP contribution in [0.5, 0.6) is 5.75 Å². The molecule has 33 heavy (non-hydrogen) atoms. The maximum atomic E-state index is 13.9. The molecule has 3 amide bonds. The van der Waals surface area contributed by atoms with Crippen molar-refractivity contribution >= 4 is 23.6 Å². The van der Waals surface area contributed by atoms with Crippen molar-refractivity contribution in [1.82, 2.24) is 4.90 Å². The number of benzene rings is 2. The molecule has 0 bridgehead atoms. The standard InChI is InChI=1S/C26H28N2O5/c1-5-16-10-11-18-20(13-16)33-14-19-21(23(29)32-6-2)26(4)24(30)27(25(31)28(26)22(18)19)17-9-7-8-15(3)12-17/h7-13,19,21-22H,5-6,14H2,1-4H3/t19-,21+,22+,26-/m1/s1. The number of hydrogen-bond acceptors (Lipinski definition) is 5. The third kappa shape index (κ3) is 2.91. The fraction of sp³-hybridized carbons (Fsp3) is 0.423. The number of rotatable bonds is 4. The molecule has 0 aliphatic carbocycles. The highest BCUT2D eigenvalue weighted by Crippen LogP contribution is 2.58. The Morgan fingerprint density at radius 2 is 1.97 bits per heavy atom. The van der Waals surface area contributed by atoms with Gasteiger partial charge in [0, 0.05) is 11.5 Å². The Hall–Kier alpha value is -3.35. The van der Waals surface area contributed by atoms with Gasteiger partial charge in [0.1, 0.15) is 11.3 Å². The number of hydrogen-bond donors (Lipinski definition) is 0. The molecule has 7 nitrogen and oxygen atoms in total. The fourth-order valence-corrected chi connectivity index (χ4v) is 5.75. The molecule has 0 saturated carbocycles. The van der Waals surface area contributed by atoms with Gasteiger partial charge in [0.2, 0.25) is 0 Å². The zero-order valence-corrected chi connectivity index (χ0v) is 19.3. The molecule has 2 saturated heterocycles. The number of ether oxygens (including phenoxy) is 2. The number of nitrogens with zero attached hydrogens (tertiary/aromatic N) is 2. The van der Waals surface area contributed by atoms with Crippen LogP contribution in [0.15, 0.2) is 42.5 Å². The zero-order valence-electron chi connectivity index (χ0n) is 19.3. The number of amides is 3. The van der Waals surface area contributed by atoms with Gasteiger partial charge in [0.05, 0.1) is 30.9 Å². The van der Waals surface area contributed by atoms with Gasteiger partial charge in [-0.15, -0.1) is 0 Å². The van der Waals surface area contributed by atoms with Crippen molar-refractivity contribution in [3.8, 4) is 5.75 Å². The molecule has 0 aromatic heterocycles. The SMILES string of the molecule is CCOC(=O)[C@@H]1[C@H]2COc3cc(CC)ccc3[C@@H]2N2C(=O)N(c3cccc(C)c3)C(=O)[C@@]12C. The van der Waals surface area contributed by atoms with E-state index >= 15 is 0 Å². The minimum Gasteiger partial charge on any atom is -0.493 e. The lowest BCUT2D eigenvalue weighted by molar-refractivity contribution is -0.154. The monoisotopic (exact) mass is 448 g/mol. The first kappa shape index (κ1) is 21.5. The van der Waals surface area contributed by atoms with Gasteiger partial charge in [0.25, 0.3) is 5.91 Å². The number of aryl methyl sites for hydroxylation is 2. The molecule has 2 aromatic rings. The quantitative estimate of drug-likeness (QED) is 0.522. The van der Waals surface area contributed by atoms with Gasteiger partial charge in [-0.25, -0.2) is 9.69 Å². The lowest BCUT2D eigenvalue weighted by Crippen LogP contribution is -2.51. The number of carbonyl (C=O) groups excluding carboxylic acids is 3. The Kier molecular flexibility index (Phi) is 4.96. The highest BCUT2D eigenvalue weighted by atomic mass is 16.5. The highest BCUT2D eigenvalue weighted by Gasteiger charge is 2.72. The second kappa shape index (κ2) is 7.61. The number of esters is 1. The Morgan fingerprint density at radius 1 is 1.18 bits per heavy atom. The van der Waals surface area contributed by atoms with Gasteiger partial charge >= 0.3 is 12.0 Å². The molecule has 7 heteroatoms. The number of anilines is 1. The van der Waals surface area contributed by atoms with Crippen LogP contribution in [0, 0.1) is 18.8 Å². The molecule has 172 valence electrons. The summed E-state index contributed by atoms with van der Waals surface area (Å²) in [6.45, 7) is 7.86. The van der Waals surface area contributed by atoms with Crippen LogP contribution in [0.2, 0.25) is 0 Å². The second-order valence-corrected chi connectivity index (χ2v) is 9.15. The summed E-state index contributed by atoms with van der Waals surface area (Å²) >= 11 is 0. The van der Waals surface area contributed by atoms with E-state index < -0.39 is 35.4 Å². The van der Waals surface area contributed by atoms with E-state index in [-0.39, 0.29) is 19.1 Å². The number of carbonyl (C=O) groups is 3. The van der Waals surface area contributed by atoms with Crippen LogP contribution in [0.3, 0.4) is 0 Å². The first-order valence-corrected chi connectivity index (χ1v) is 11.5. The average Bonchev–Trinajstić information content (AvgIpc) is 3.18. The number of imide groups is 1. The van der Waals surface area contributed by atoms with E-state index in [1.807, 2.05) is 43.3 Å². The van der Waals surface area contributed by atoms with Gasteiger partial charge in [-0.2, -0.15) is 0 Å². The summed E-state index contributed by atoms with van der Waals surface area (Å²) in [6, 6.07) is 12.4. The Morgan fingerprint density at radius 3 is 2.67 bits per heavy atom. The lowest BCUT2D eigenvalue weighted by Gasteiger charge is -2.34. The van der Waals surface area contributed by atoms with Gasteiger partial charge in [-0.3, -0.25) is 9.59 Å². The maximum Gasteiger partial charge on any atom is 0.332 e. The molecule has 0 N–H and O–H groups in total. The van der Waals surface area contributed by atoms with Gasteiger partial charge in [-0.05, 0) is 56.5 Å². The van der Waals surface area contributed by atoms with Crippen LogP contribution < -0.4 is 9.64 Å². The van der Waals surface area contributed by atoms with Crippen LogP contribution in [-0.4, -0.2) is 41.6 Å². The van der Waals surface area contributed by atoms with Gasteiger partial charge in [-0.1, -0.05) is 31.2 Å². The van der Waals surface area contributed by atoms with E-state index in [1.54, 1.807) is 24.8 Å². The molecule has 0 unspecified atom stereocenters. The predicted octanol–water partition coefficient (Wildman–Crippen LogP) is 4.03. The molecular weight excluding hydrogens is 420 g/mol. The van der Waals surface area contributed by atoms with Crippen LogP contribution in [-0.2, 0) is 20.7 Å². The molecule has 0 radical (unpaired) electrons.